The lowest BCUT2D eigenvalue weighted by molar-refractivity contribution is 0.0631. The van der Waals surface area contributed by atoms with Gasteiger partial charge in [-0.2, -0.15) is 4.31 Å². The van der Waals surface area contributed by atoms with Crippen LogP contribution in [0.3, 0.4) is 0 Å². The Hall–Kier alpha value is -1.64. The Kier molecular flexibility index (Phi) is 3.60. The van der Waals surface area contributed by atoms with Crippen molar-refractivity contribution in [3.8, 4) is 0 Å². The number of rotatable bonds is 3. The lowest BCUT2D eigenvalue weighted by Crippen LogP contribution is -2.41. The van der Waals surface area contributed by atoms with Crippen LogP contribution in [0, 0.1) is 0 Å². The second-order valence-electron chi connectivity index (χ2n) is 5.10. The van der Waals surface area contributed by atoms with Gasteiger partial charge in [0.2, 0.25) is 0 Å². The first-order valence-electron chi connectivity index (χ1n) is 6.80. The van der Waals surface area contributed by atoms with E-state index in [-0.39, 0.29) is 16.9 Å². The lowest BCUT2D eigenvalue weighted by Gasteiger charge is -2.30. The van der Waals surface area contributed by atoms with Crippen molar-refractivity contribution in [2.75, 3.05) is 26.0 Å². The fourth-order valence-corrected chi connectivity index (χ4v) is 4.22. The molecule has 0 aliphatic carbocycles. The van der Waals surface area contributed by atoms with Gasteiger partial charge >= 0.3 is 0 Å². The molecule has 8 heteroatoms. The van der Waals surface area contributed by atoms with Crippen LogP contribution >= 0.6 is 0 Å². The molecule has 2 N–H and O–H groups in total. The standard InChI is InChI=1S/C13H18N4O3S/c1-16(10-5-8-20-9-6-10)21(18,19)13-12(14)15-11-4-2-3-7-17(11)13/h2-4,7,10H,5-6,8-9,14H2,1H3. The SMILES string of the molecule is CN(C1CCOCC1)S(=O)(=O)c1c(N)nc2ccccn12. The minimum Gasteiger partial charge on any atom is -0.381 e. The molecule has 1 aliphatic rings. The van der Waals surface area contributed by atoms with Gasteiger partial charge in [-0.3, -0.25) is 4.40 Å². The molecular weight excluding hydrogens is 292 g/mol. The van der Waals surface area contributed by atoms with E-state index in [1.54, 1.807) is 31.4 Å². The van der Waals surface area contributed by atoms with Gasteiger partial charge in [0.05, 0.1) is 0 Å². The van der Waals surface area contributed by atoms with E-state index in [1.807, 2.05) is 0 Å². The summed E-state index contributed by atoms with van der Waals surface area (Å²) in [6.45, 7) is 1.15. The van der Waals surface area contributed by atoms with Crippen molar-refractivity contribution in [2.24, 2.45) is 0 Å². The Bertz CT molecular complexity index is 750. The van der Waals surface area contributed by atoms with Crippen molar-refractivity contribution in [2.45, 2.75) is 23.9 Å². The number of fused-ring (bicyclic) bond motifs is 1. The van der Waals surface area contributed by atoms with Gasteiger partial charge in [0.1, 0.15) is 5.65 Å². The summed E-state index contributed by atoms with van der Waals surface area (Å²) in [5, 5.41) is 0.0343. The summed E-state index contributed by atoms with van der Waals surface area (Å²) in [4.78, 5) is 4.12. The van der Waals surface area contributed by atoms with E-state index < -0.39 is 10.0 Å². The van der Waals surface area contributed by atoms with Crippen molar-refractivity contribution >= 4 is 21.5 Å². The quantitative estimate of drug-likeness (QED) is 0.902. The molecule has 0 atom stereocenters. The molecular formula is C13H18N4O3S. The highest BCUT2D eigenvalue weighted by Crippen LogP contribution is 2.26. The summed E-state index contributed by atoms with van der Waals surface area (Å²) in [6.07, 6.45) is 3.03. The number of nitrogen functional groups attached to an aromatic ring is 1. The topological polar surface area (TPSA) is 89.9 Å². The van der Waals surface area contributed by atoms with Gasteiger partial charge in [0.15, 0.2) is 10.8 Å². The lowest BCUT2D eigenvalue weighted by atomic mass is 10.1. The number of nitrogens with zero attached hydrogens (tertiary/aromatic N) is 3. The predicted molar refractivity (Wildman–Crippen MR) is 78.4 cm³/mol. The highest BCUT2D eigenvalue weighted by Gasteiger charge is 2.33. The molecule has 114 valence electrons. The fraction of sp³-hybridized carbons (Fsp3) is 0.462. The first-order chi connectivity index (χ1) is 10.0. The number of anilines is 1. The van der Waals surface area contributed by atoms with E-state index in [0.717, 1.165) is 0 Å². The van der Waals surface area contributed by atoms with Crippen LogP contribution in [0.25, 0.3) is 5.65 Å². The fourth-order valence-electron chi connectivity index (χ4n) is 2.63. The van der Waals surface area contributed by atoms with Crippen LogP contribution in [-0.2, 0) is 14.8 Å². The van der Waals surface area contributed by atoms with Gasteiger partial charge in [-0.15, -0.1) is 0 Å². The first kappa shape index (κ1) is 14.3. The van der Waals surface area contributed by atoms with E-state index in [2.05, 4.69) is 4.98 Å². The molecule has 0 amide bonds. The third-order valence-electron chi connectivity index (χ3n) is 3.84. The minimum absolute atomic E-state index is 0.0279. The summed E-state index contributed by atoms with van der Waals surface area (Å²) in [6, 6.07) is 5.20. The van der Waals surface area contributed by atoms with Gasteiger partial charge in [-0.1, -0.05) is 6.07 Å². The molecule has 1 aliphatic heterocycles. The second kappa shape index (κ2) is 5.28. The Labute approximate surface area is 123 Å². The number of hydrogen-bond acceptors (Lipinski definition) is 5. The highest BCUT2D eigenvalue weighted by molar-refractivity contribution is 7.89. The van der Waals surface area contributed by atoms with Crippen LogP contribution in [0.15, 0.2) is 29.4 Å². The number of imidazole rings is 1. The predicted octanol–water partition coefficient (Wildman–Crippen LogP) is 0.716. The number of nitrogens with two attached hydrogens (primary N) is 1. The summed E-state index contributed by atoms with van der Waals surface area (Å²) in [5.74, 6) is 0.0279. The molecule has 7 nitrogen and oxygen atoms in total. The molecule has 2 aromatic rings. The molecule has 3 rings (SSSR count). The maximum atomic E-state index is 12.9. The van der Waals surface area contributed by atoms with Crippen molar-refractivity contribution in [3.05, 3.63) is 24.4 Å². The van der Waals surface area contributed by atoms with E-state index in [4.69, 9.17) is 10.5 Å². The van der Waals surface area contributed by atoms with Crippen LogP contribution in [0.4, 0.5) is 5.82 Å². The molecule has 0 aromatic carbocycles. The van der Waals surface area contributed by atoms with Gasteiger partial charge < -0.3 is 10.5 Å². The Morgan fingerprint density at radius 2 is 2.10 bits per heavy atom. The van der Waals surface area contributed by atoms with Crippen molar-refractivity contribution in [3.63, 3.8) is 0 Å². The monoisotopic (exact) mass is 310 g/mol. The normalized spacial score (nSPS) is 17.6. The van der Waals surface area contributed by atoms with Gasteiger partial charge in [0.25, 0.3) is 10.0 Å². The van der Waals surface area contributed by atoms with E-state index in [9.17, 15) is 8.42 Å². The minimum atomic E-state index is -3.70. The van der Waals surface area contributed by atoms with Crippen LogP contribution in [0.5, 0.6) is 0 Å². The van der Waals surface area contributed by atoms with E-state index in [0.29, 0.717) is 31.7 Å². The summed E-state index contributed by atoms with van der Waals surface area (Å²) < 4.78 is 33.9. The zero-order valence-electron chi connectivity index (χ0n) is 11.8. The van der Waals surface area contributed by atoms with Crippen LogP contribution in [0.2, 0.25) is 0 Å². The van der Waals surface area contributed by atoms with Gasteiger partial charge in [0, 0.05) is 32.5 Å². The average Bonchev–Trinajstić information content (AvgIpc) is 2.83. The Morgan fingerprint density at radius 1 is 1.38 bits per heavy atom. The molecule has 0 radical (unpaired) electrons. The third kappa shape index (κ3) is 2.39. The molecule has 0 saturated carbocycles. The summed E-state index contributed by atoms with van der Waals surface area (Å²) in [5.41, 5.74) is 6.37. The molecule has 3 heterocycles. The zero-order valence-corrected chi connectivity index (χ0v) is 12.6. The molecule has 2 aromatic heterocycles. The largest absolute Gasteiger partial charge is 0.381 e. The summed E-state index contributed by atoms with van der Waals surface area (Å²) in [7, 11) is -2.11. The van der Waals surface area contributed by atoms with E-state index in [1.165, 1.54) is 8.71 Å². The smallest absolute Gasteiger partial charge is 0.262 e. The van der Waals surface area contributed by atoms with E-state index >= 15 is 0 Å². The van der Waals surface area contributed by atoms with Crippen LogP contribution in [0.1, 0.15) is 12.8 Å². The summed E-state index contributed by atoms with van der Waals surface area (Å²) >= 11 is 0. The zero-order chi connectivity index (χ0) is 15.0. The first-order valence-corrected chi connectivity index (χ1v) is 8.24. The highest BCUT2D eigenvalue weighted by atomic mass is 32.2. The second-order valence-corrected chi connectivity index (χ2v) is 7.01. The molecule has 21 heavy (non-hydrogen) atoms. The number of aromatic nitrogens is 2. The molecule has 1 fully saturated rings. The molecule has 0 bridgehead atoms. The molecule has 1 saturated heterocycles. The van der Waals surface area contributed by atoms with Crippen molar-refractivity contribution in [1.82, 2.24) is 13.7 Å². The third-order valence-corrected chi connectivity index (χ3v) is 5.79. The number of hydrogen-bond donors (Lipinski definition) is 1. The van der Waals surface area contributed by atoms with Gasteiger partial charge in [-0.25, -0.2) is 13.4 Å². The van der Waals surface area contributed by atoms with Gasteiger partial charge in [-0.05, 0) is 25.0 Å². The average molecular weight is 310 g/mol. The maximum Gasteiger partial charge on any atom is 0.262 e. The van der Waals surface area contributed by atoms with Crippen LogP contribution in [-0.4, -0.2) is 48.4 Å². The van der Waals surface area contributed by atoms with Crippen molar-refractivity contribution in [1.29, 1.82) is 0 Å². The number of pyridine rings is 1. The maximum absolute atomic E-state index is 12.9. The Morgan fingerprint density at radius 3 is 2.81 bits per heavy atom. The number of ether oxygens (including phenoxy) is 1. The Balaban J connectivity index is 2.05. The molecule has 0 spiro atoms. The van der Waals surface area contributed by atoms with Crippen molar-refractivity contribution < 1.29 is 13.2 Å². The molecule has 0 unspecified atom stereocenters. The number of sulfonamides is 1. The van der Waals surface area contributed by atoms with Crippen LogP contribution < -0.4 is 5.73 Å².